The molecule has 0 aliphatic carbocycles. The molecule has 0 aliphatic heterocycles. The summed E-state index contributed by atoms with van der Waals surface area (Å²) in [7, 11) is 1.31. The number of likely N-dealkylation sites (N-methyl/N-ethyl adjacent to an activating group) is 1. The van der Waals surface area contributed by atoms with E-state index in [0.717, 1.165) is 0 Å². The van der Waals surface area contributed by atoms with Gasteiger partial charge in [-0.1, -0.05) is 18.2 Å². The smallest absolute Gasteiger partial charge is 0.337 e. The fourth-order valence-electron chi connectivity index (χ4n) is 2.58. The van der Waals surface area contributed by atoms with Crippen LogP contribution in [0.25, 0.3) is 0 Å². The summed E-state index contributed by atoms with van der Waals surface area (Å²) in [5.74, 6) is -0.496. The largest absolute Gasteiger partial charge is 0.465 e. The van der Waals surface area contributed by atoms with E-state index in [1.807, 2.05) is 25.1 Å². The third-order valence-electron chi connectivity index (χ3n) is 3.96. The number of ether oxygens (including phenoxy) is 1. The predicted molar refractivity (Wildman–Crippen MR) is 102 cm³/mol. The third-order valence-corrected chi connectivity index (χ3v) is 5.95. The molecule has 26 heavy (non-hydrogen) atoms. The molecule has 0 bridgehead atoms. The lowest BCUT2D eigenvalue weighted by atomic mass is 10.1. The van der Waals surface area contributed by atoms with Crippen molar-refractivity contribution >= 4 is 21.7 Å². The number of aryl methyl sites for hydroxylation is 1. The van der Waals surface area contributed by atoms with E-state index in [-0.39, 0.29) is 4.90 Å². The second-order valence-electron chi connectivity index (χ2n) is 6.19. The summed E-state index contributed by atoms with van der Waals surface area (Å²) < 4.78 is 32.7. The maximum Gasteiger partial charge on any atom is 0.337 e. The minimum atomic E-state index is -3.78. The first-order chi connectivity index (χ1) is 12.3. The van der Waals surface area contributed by atoms with Crippen molar-refractivity contribution in [2.75, 3.05) is 38.6 Å². The van der Waals surface area contributed by atoms with Gasteiger partial charge in [0.25, 0.3) is 10.0 Å². The Kier molecular flexibility index (Phi) is 6.39. The Bertz CT molecular complexity index is 864. The second-order valence-corrected chi connectivity index (χ2v) is 8.02. The number of esters is 1. The Morgan fingerprint density at radius 2 is 1.69 bits per heavy atom. The molecule has 2 aromatic carbocycles. The van der Waals surface area contributed by atoms with E-state index in [1.165, 1.54) is 29.6 Å². The van der Waals surface area contributed by atoms with Gasteiger partial charge in [0.1, 0.15) is 0 Å². The SMILES string of the molecule is COC(=O)c1ccc(S(=O)(=O)N(CCN(C)C)c2ccccc2)c(C)c1. The highest BCUT2D eigenvalue weighted by Gasteiger charge is 2.27. The van der Waals surface area contributed by atoms with E-state index >= 15 is 0 Å². The van der Waals surface area contributed by atoms with E-state index in [2.05, 4.69) is 0 Å². The molecule has 0 saturated carbocycles. The topological polar surface area (TPSA) is 66.9 Å². The monoisotopic (exact) mass is 376 g/mol. The lowest BCUT2D eigenvalue weighted by Gasteiger charge is -2.26. The van der Waals surface area contributed by atoms with Gasteiger partial charge in [-0.05, 0) is 56.9 Å². The molecule has 0 unspecified atom stereocenters. The maximum atomic E-state index is 13.3. The van der Waals surface area contributed by atoms with Crippen molar-refractivity contribution in [1.82, 2.24) is 4.90 Å². The molecular formula is C19H24N2O4S. The highest BCUT2D eigenvalue weighted by molar-refractivity contribution is 7.92. The molecule has 0 aromatic heterocycles. The minimum Gasteiger partial charge on any atom is -0.465 e. The average Bonchev–Trinajstić information content (AvgIpc) is 2.61. The van der Waals surface area contributed by atoms with Crippen LogP contribution in [-0.4, -0.2) is 53.6 Å². The van der Waals surface area contributed by atoms with Gasteiger partial charge in [-0.2, -0.15) is 0 Å². The highest BCUT2D eigenvalue weighted by Crippen LogP contribution is 2.26. The first kappa shape index (κ1) is 19.9. The number of sulfonamides is 1. The van der Waals surface area contributed by atoms with Crippen LogP contribution in [0.4, 0.5) is 5.69 Å². The van der Waals surface area contributed by atoms with Crippen molar-refractivity contribution in [3.63, 3.8) is 0 Å². The number of nitrogens with zero attached hydrogens (tertiary/aromatic N) is 2. The van der Waals surface area contributed by atoms with Crippen LogP contribution in [0.1, 0.15) is 15.9 Å². The second kappa shape index (κ2) is 8.33. The van der Waals surface area contributed by atoms with Gasteiger partial charge in [0, 0.05) is 13.1 Å². The Morgan fingerprint density at radius 1 is 1.04 bits per heavy atom. The van der Waals surface area contributed by atoms with Crippen molar-refractivity contribution in [1.29, 1.82) is 0 Å². The van der Waals surface area contributed by atoms with E-state index in [9.17, 15) is 13.2 Å². The molecule has 0 N–H and O–H groups in total. The minimum absolute atomic E-state index is 0.174. The molecule has 0 aliphatic rings. The third kappa shape index (κ3) is 4.42. The lowest BCUT2D eigenvalue weighted by molar-refractivity contribution is 0.0600. The van der Waals surface area contributed by atoms with E-state index in [4.69, 9.17) is 4.74 Å². The number of benzene rings is 2. The van der Waals surface area contributed by atoms with Gasteiger partial charge >= 0.3 is 5.97 Å². The molecule has 0 spiro atoms. The van der Waals surface area contributed by atoms with Gasteiger partial charge in [0.15, 0.2) is 0 Å². The predicted octanol–water partition coefficient (Wildman–Crippen LogP) is 2.54. The molecule has 7 heteroatoms. The Morgan fingerprint density at radius 3 is 2.23 bits per heavy atom. The van der Waals surface area contributed by atoms with E-state index < -0.39 is 16.0 Å². The summed E-state index contributed by atoms with van der Waals surface area (Å²) in [5.41, 5.74) is 1.42. The van der Waals surface area contributed by atoms with Gasteiger partial charge in [-0.3, -0.25) is 4.31 Å². The summed E-state index contributed by atoms with van der Waals surface area (Å²) in [4.78, 5) is 13.8. The zero-order valence-corrected chi connectivity index (χ0v) is 16.3. The Labute approximate surface area is 155 Å². The summed E-state index contributed by atoms with van der Waals surface area (Å²) in [5, 5.41) is 0. The van der Waals surface area contributed by atoms with Crippen LogP contribution in [0.3, 0.4) is 0 Å². The van der Waals surface area contributed by atoms with Crippen LogP contribution in [0.15, 0.2) is 53.4 Å². The first-order valence-corrected chi connectivity index (χ1v) is 9.63. The molecule has 2 rings (SSSR count). The van der Waals surface area contributed by atoms with Crippen LogP contribution in [0.2, 0.25) is 0 Å². The lowest BCUT2D eigenvalue weighted by Crippen LogP contribution is -2.37. The van der Waals surface area contributed by atoms with Gasteiger partial charge < -0.3 is 9.64 Å². The maximum absolute atomic E-state index is 13.3. The zero-order valence-electron chi connectivity index (χ0n) is 15.5. The number of anilines is 1. The van der Waals surface area contributed by atoms with Crippen molar-refractivity contribution in [2.45, 2.75) is 11.8 Å². The first-order valence-electron chi connectivity index (χ1n) is 8.19. The number of methoxy groups -OCH3 is 1. The van der Waals surface area contributed by atoms with Crippen LogP contribution < -0.4 is 4.31 Å². The number of hydrogen-bond donors (Lipinski definition) is 0. The van der Waals surface area contributed by atoms with Crippen LogP contribution >= 0.6 is 0 Å². The molecule has 0 radical (unpaired) electrons. The summed E-state index contributed by atoms with van der Waals surface area (Å²) in [6.45, 7) is 2.57. The fraction of sp³-hybridized carbons (Fsp3) is 0.316. The van der Waals surface area contributed by atoms with Crippen LogP contribution in [-0.2, 0) is 14.8 Å². The Balaban J connectivity index is 2.48. The molecule has 140 valence electrons. The van der Waals surface area contributed by atoms with Gasteiger partial charge in [0.2, 0.25) is 0 Å². The molecular weight excluding hydrogens is 352 g/mol. The number of rotatable bonds is 7. The Hall–Kier alpha value is -2.38. The molecule has 0 atom stereocenters. The average molecular weight is 376 g/mol. The summed E-state index contributed by atoms with van der Waals surface area (Å²) in [6.07, 6.45) is 0. The normalized spacial score (nSPS) is 11.4. The van der Waals surface area contributed by atoms with Crippen LogP contribution in [0.5, 0.6) is 0 Å². The van der Waals surface area contributed by atoms with Crippen molar-refractivity contribution in [2.24, 2.45) is 0 Å². The van der Waals surface area contributed by atoms with Crippen LogP contribution in [0, 0.1) is 6.92 Å². The molecule has 0 heterocycles. The summed E-state index contributed by atoms with van der Waals surface area (Å²) >= 11 is 0. The molecule has 6 nitrogen and oxygen atoms in total. The fourth-order valence-corrected chi connectivity index (χ4v) is 4.24. The van der Waals surface area contributed by atoms with E-state index in [1.54, 1.807) is 31.2 Å². The number of carbonyl (C=O) groups excluding carboxylic acids is 1. The standard InChI is InChI=1S/C19H24N2O4S/c1-15-14-16(19(22)25-4)10-11-18(15)26(23,24)21(13-12-20(2)3)17-8-6-5-7-9-17/h5-11,14H,12-13H2,1-4H3. The van der Waals surface area contributed by atoms with Gasteiger partial charge in [-0.15, -0.1) is 0 Å². The molecule has 0 saturated heterocycles. The van der Waals surface area contributed by atoms with Crippen molar-refractivity contribution in [3.05, 3.63) is 59.7 Å². The quantitative estimate of drug-likeness (QED) is 0.695. The molecule has 2 aromatic rings. The molecule has 0 fully saturated rings. The molecule has 0 amide bonds. The zero-order chi connectivity index (χ0) is 19.3. The van der Waals surface area contributed by atoms with Gasteiger partial charge in [0.05, 0.1) is 23.3 Å². The number of carbonyl (C=O) groups is 1. The summed E-state index contributed by atoms with van der Waals surface area (Å²) in [6, 6.07) is 13.5. The van der Waals surface area contributed by atoms with Gasteiger partial charge in [-0.25, -0.2) is 13.2 Å². The van der Waals surface area contributed by atoms with E-state index in [0.29, 0.717) is 29.9 Å². The highest BCUT2D eigenvalue weighted by atomic mass is 32.2. The number of hydrogen-bond acceptors (Lipinski definition) is 5. The van der Waals surface area contributed by atoms with Crippen molar-refractivity contribution in [3.8, 4) is 0 Å². The number of para-hydroxylation sites is 1. The van der Waals surface area contributed by atoms with Crippen molar-refractivity contribution < 1.29 is 17.9 Å².